The van der Waals surface area contributed by atoms with E-state index in [1.54, 1.807) is 62.4 Å². The normalized spacial score (nSPS) is 21.2. The van der Waals surface area contributed by atoms with Crippen molar-refractivity contribution in [3.8, 4) is 29.4 Å². The largest absolute Gasteiger partial charge is 0.530 e. The van der Waals surface area contributed by atoms with Gasteiger partial charge in [-0.15, -0.1) is 0 Å². The number of aromatic amines is 1. The van der Waals surface area contributed by atoms with Gasteiger partial charge in [-0.3, -0.25) is 14.5 Å². The Bertz CT molecular complexity index is 2280. The highest BCUT2D eigenvalue weighted by Gasteiger charge is 2.65. The van der Waals surface area contributed by atoms with Crippen LogP contribution >= 0.6 is 19.4 Å². The van der Waals surface area contributed by atoms with Gasteiger partial charge in [0.25, 0.3) is 0 Å². The Hall–Kier alpha value is -4.48. The molecule has 2 aliphatic rings. The number of aliphatic imine (C=N–C) groups is 1. The van der Waals surface area contributed by atoms with Crippen molar-refractivity contribution in [1.29, 1.82) is 15.9 Å². The van der Waals surface area contributed by atoms with Crippen LogP contribution in [-0.4, -0.2) is 79.4 Å². The number of phosphoric acid groups is 1. The van der Waals surface area contributed by atoms with Crippen molar-refractivity contribution in [2.24, 2.45) is 16.6 Å². The summed E-state index contributed by atoms with van der Waals surface area (Å²) in [6.07, 6.45) is 15.7. The van der Waals surface area contributed by atoms with Crippen molar-refractivity contribution in [3.63, 3.8) is 0 Å². The van der Waals surface area contributed by atoms with Crippen LogP contribution in [0, 0.1) is 34.0 Å². The zero-order chi connectivity index (χ0) is 51.3. The fraction of sp³-hybridized carbons (Fsp3) is 0.623. The standard InChI is InChI=1S/C53H76ClN6O10P/c1-7-8-17-22-39(4)23-18-15-13-11-9-10-12-14-16-21-30-62-33-42(66-41-27-26-40(32-55)47(31-41)65-38(2)3)34-63-71(61,70-46-25-20-19-24-43(46)54)64-36-53(35-56)50-49(67-52(5,6)69-50)48(68-53)44-28-29-45(60-44)51(58)59-37-57/h19-20,24-29,31,37-39,42,48-50,60H,7-18,21-23,30,33-34,36H2,1-6H3,(H3,57,58,59)/t39?,42-,48+,49+,50+,53-,71?/m1/s1. The quantitative estimate of drug-likeness (QED) is 0.0219. The van der Waals surface area contributed by atoms with Gasteiger partial charge in [0.15, 0.2) is 5.79 Å². The van der Waals surface area contributed by atoms with Crippen LogP contribution in [-0.2, 0) is 32.6 Å². The van der Waals surface area contributed by atoms with Crippen LogP contribution in [0.15, 0.2) is 59.6 Å². The zero-order valence-corrected chi connectivity index (χ0v) is 44.1. The Labute approximate surface area is 426 Å². The molecule has 2 aliphatic heterocycles. The van der Waals surface area contributed by atoms with Gasteiger partial charge in [-0.1, -0.05) is 127 Å². The van der Waals surface area contributed by atoms with E-state index < -0.39 is 50.2 Å². The van der Waals surface area contributed by atoms with Crippen LogP contribution in [0.4, 0.5) is 0 Å². The van der Waals surface area contributed by atoms with Gasteiger partial charge in [0, 0.05) is 18.4 Å². The minimum Gasteiger partial charge on any atom is -0.489 e. The summed E-state index contributed by atoms with van der Waals surface area (Å²) in [5, 5.41) is 28.1. The first kappa shape index (κ1) is 57.4. The van der Waals surface area contributed by atoms with Gasteiger partial charge >= 0.3 is 7.82 Å². The molecule has 0 spiro atoms. The van der Waals surface area contributed by atoms with Crippen molar-refractivity contribution in [3.05, 3.63) is 76.6 Å². The summed E-state index contributed by atoms with van der Waals surface area (Å²) in [5.74, 6) is 0.490. The molecule has 0 aliphatic carbocycles. The van der Waals surface area contributed by atoms with Crippen LogP contribution in [0.25, 0.3) is 0 Å². The van der Waals surface area contributed by atoms with Gasteiger partial charge in [0.2, 0.25) is 5.60 Å². The Morgan fingerprint density at radius 2 is 1.58 bits per heavy atom. The third-order valence-electron chi connectivity index (χ3n) is 12.4. The number of nitriles is 2. The maximum atomic E-state index is 15.0. The number of para-hydroxylation sites is 1. The monoisotopic (exact) mass is 1020 g/mol. The summed E-state index contributed by atoms with van der Waals surface area (Å²) in [6.45, 7) is 11.3. The Balaban J connectivity index is 1.24. The number of amidine groups is 1. The molecule has 0 radical (unpaired) electrons. The van der Waals surface area contributed by atoms with Crippen molar-refractivity contribution in [2.75, 3.05) is 26.4 Å². The summed E-state index contributed by atoms with van der Waals surface area (Å²) < 4.78 is 70.6. The zero-order valence-electron chi connectivity index (χ0n) is 42.5. The molecule has 2 unspecified atom stereocenters. The van der Waals surface area contributed by atoms with Gasteiger partial charge in [-0.2, -0.15) is 10.5 Å². The molecular weight excluding hydrogens is 947 g/mol. The predicted molar refractivity (Wildman–Crippen MR) is 274 cm³/mol. The van der Waals surface area contributed by atoms with E-state index >= 15 is 0 Å². The lowest BCUT2D eigenvalue weighted by Gasteiger charge is -2.30. The van der Waals surface area contributed by atoms with Crippen molar-refractivity contribution in [1.82, 2.24) is 4.98 Å². The van der Waals surface area contributed by atoms with Crippen LogP contribution in [0.3, 0.4) is 0 Å². The number of H-pyrrole nitrogens is 1. The number of fused-ring (bicyclic) bond motifs is 1. The van der Waals surface area contributed by atoms with Crippen LogP contribution in [0.5, 0.6) is 17.2 Å². The molecule has 0 amide bonds. The van der Waals surface area contributed by atoms with Crippen molar-refractivity contribution < 1.29 is 46.6 Å². The molecule has 71 heavy (non-hydrogen) atoms. The van der Waals surface area contributed by atoms with E-state index in [1.165, 1.54) is 83.1 Å². The van der Waals surface area contributed by atoms with Gasteiger partial charge in [0.05, 0.1) is 35.6 Å². The number of nitrogens with one attached hydrogen (secondary N) is 2. The number of aromatic nitrogens is 1. The number of hydrogen-bond donors (Lipinski definition) is 3. The molecule has 7 atom stereocenters. The highest BCUT2D eigenvalue weighted by atomic mass is 35.5. The van der Waals surface area contributed by atoms with Crippen molar-refractivity contribution >= 4 is 31.6 Å². The average molecular weight is 1020 g/mol. The average Bonchev–Trinajstić information content (AvgIpc) is 4.04. The number of benzene rings is 2. The molecule has 5 rings (SSSR count). The molecule has 0 bridgehead atoms. The summed E-state index contributed by atoms with van der Waals surface area (Å²) in [4.78, 5) is 6.97. The molecule has 3 heterocycles. The molecule has 0 saturated carbocycles. The first-order valence-electron chi connectivity index (χ1n) is 25.4. The fourth-order valence-electron chi connectivity index (χ4n) is 8.70. The number of rotatable bonds is 34. The van der Waals surface area contributed by atoms with E-state index in [-0.39, 0.29) is 35.9 Å². The number of ether oxygens (including phenoxy) is 6. The Morgan fingerprint density at radius 1 is 0.887 bits per heavy atom. The number of phosphoric ester groups is 1. The molecule has 390 valence electrons. The van der Waals surface area contributed by atoms with Gasteiger partial charge in [0.1, 0.15) is 72.6 Å². The molecule has 4 N–H and O–H groups in total. The number of nitrogens with zero attached hydrogens (tertiary/aromatic N) is 3. The summed E-state index contributed by atoms with van der Waals surface area (Å²) >= 11 is 6.50. The fourth-order valence-corrected chi connectivity index (χ4v) is 10.2. The van der Waals surface area contributed by atoms with E-state index in [9.17, 15) is 15.1 Å². The molecule has 18 heteroatoms. The van der Waals surface area contributed by atoms with Crippen LogP contribution in [0.2, 0.25) is 5.02 Å². The smallest absolute Gasteiger partial charge is 0.489 e. The lowest BCUT2D eigenvalue weighted by Crippen LogP contribution is -2.46. The van der Waals surface area contributed by atoms with Crippen molar-refractivity contribution in [2.45, 2.75) is 180 Å². The maximum absolute atomic E-state index is 15.0. The second-order valence-corrected chi connectivity index (χ2v) is 21.2. The van der Waals surface area contributed by atoms with Crippen LogP contribution in [0.1, 0.15) is 161 Å². The predicted octanol–water partition coefficient (Wildman–Crippen LogP) is 12.7. The van der Waals surface area contributed by atoms with E-state index in [1.807, 2.05) is 13.8 Å². The SMILES string of the molecule is CCCCCC(C)CCCCCCCCCCCCOC[C@H](COP(=O)(OC[C@@]1(C#N)O[C@@H](c2ccc(/C(N)=N\C=N)[nH]2)[C@@H]2OC(C)(C)O[C@@H]21)Oc1ccccc1Cl)Oc1ccc(C#N)c(OC(C)C)c1. The second-order valence-electron chi connectivity index (χ2n) is 19.2. The number of unbranched alkanes of at least 4 members (excludes halogenated alkanes) is 11. The topological polar surface area (TPSA) is 226 Å². The second kappa shape index (κ2) is 28.7. The Morgan fingerprint density at radius 3 is 2.24 bits per heavy atom. The summed E-state index contributed by atoms with van der Waals surface area (Å²) in [7, 11) is -4.71. The molecule has 2 fully saturated rings. The minimum absolute atomic E-state index is 0.00530. The van der Waals surface area contributed by atoms with E-state index in [0.29, 0.717) is 35.1 Å². The molecule has 16 nitrogen and oxygen atoms in total. The van der Waals surface area contributed by atoms with E-state index in [4.69, 9.17) is 64.7 Å². The maximum Gasteiger partial charge on any atom is 0.530 e. The van der Waals surface area contributed by atoms with Gasteiger partial charge in [-0.05, 0) is 76.4 Å². The lowest BCUT2D eigenvalue weighted by atomic mass is 9.96. The van der Waals surface area contributed by atoms with E-state index in [2.05, 4.69) is 36.0 Å². The molecule has 2 saturated heterocycles. The first-order chi connectivity index (χ1) is 34.1. The summed E-state index contributed by atoms with van der Waals surface area (Å²) in [6, 6.07) is 19.0. The molecule has 2 aromatic carbocycles. The third kappa shape index (κ3) is 17.9. The lowest BCUT2D eigenvalue weighted by molar-refractivity contribution is -0.204. The summed E-state index contributed by atoms with van der Waals surface area (Å²) in [5.41, 5.74) is 5.38. The van der Waals surface area contributed by atoms with E-state index in [0.717, 1.165) is 31.5 Å². The number of nitrogens with two attached hydrogens (primary N) is 1. The molecule has 3 aromatic rings. The van der Waals surface area contributed by atoms with Gasteiger partial charge < -0.3 is 43.7 Å². The van der Waals surface area contributed by atoms with Gasteiger partial charge in [-0.25, -0.2) is 9.56 Å². The molecule has 1 aromatic heterocycles. The Kier molecular flexibility index (Phi) is 23.2. The van der Waals surface area contributed by atoms with Crippen LogP contribution < -0.4 is 19.7 Å². The highest BCUT2D eigenvalue weighted by Crippen LogP contribution is 2.55. The minimum atomic E-state index is -4.71. The highest BCUT2D eigenvalue weighted by molar-refractivity contribution is 7.49. The molecular formula is C53H76ClN6O10P. The number of halogens is 1. The number of hydrogen-bond acceptors (Lipinski definition) is 13. The third-order valence-corrected chi connectivity index (χ3v) is 14.0. The first-order valence-corrected chi connectivity index (χ1v) is 27.2.